The molecule has 2 amide bonds. The molecule has 0 spiro atoms. The normalized spacial score (nSPS) is 18.4. The number of halogens is 1. The number of anilines is 1. The molecule has 0 N–H and O–H groups in total. The average molecular weight is 368 g/mol. The van der Waals surface area contributed by atoms with Gasteiger partial charge in [-0.1, -0.05) is 0 Å². The van der Waals surface area contributed by atoms with Gasteiger partial charge in [-0.25, -0.2) is 0 Å². The SMILES string of the molecule is COc1ccc(N2CCN(CCCN3C(=O)CCC3=O)CC2)cc1.Cl. The Bertz CT molecular complexity index is 570. The van der Waals surface area contributed by atoms with Crippen LogP contribution < -0.4 is 9.64 Å². The molecule has 138 valence electrons. The molecule has 0 aliphatic carbocycles. The largest absolute Gasteiger partial charge is 0.497 e. The molecule has 0 saturated carbocycles. The van der Waals surface area contributed by atoms with E-state index in [0.29, 0.717) is 19.4 Å². The van der Waals surface area contributed by atoms with Crippen molar-refractivity contribution in [3.63, 3.8) is 0 Å². The molecule has 3 rings (SSSR count). The van der Waals surface area contributed by atoms with Crippen molar-refractivity contribution in [1.82, 2.24) is 9.80 Å². The standard InChI is InChI=1S/C18H25N3O3.ClH/c1-24-16-5-3-15(4-6-16)20-13-11-19(12-14-20)9-2-10-21-17(22)7-8-18(21)23;/h3-6H,2,7-14H2,1H3;1H. The lowest BCUT2D eigenvalue weighted by Crippen LogP contribution is -2.47. The van der Waals surface area contributed by atoms with Crippen LogP contribution in [0, 0.1) is 0 Å². The predicted molar refractivity (Wildman–Crippen MR) is 99.5 cm³/mol. The lowest BCUT2D eigenvalue weighted by molar-refractivity contribution is -0.138. The molecular weight excluding hydrogens is 342 g/mol. The van der Waals surface area contributed by atoms with Crippen molar-refractivity contribution >= 4 is 29.9 Å². The Morgan fingerprint density at radius 3 is 2.08 bits per heavy atom. The van der Waals surface area contributed by atoms with Gasteiger partial charge in [-0.3, -0.25) is 19.4 Å². The minimum Gasteiger partial charge on any atom is -0.497 e. The summed E-state index contributed by atoms with van der Waals surface area (Å²) in [6, 6.07) is 8.18. The van der Waals surface area contributed by atoms with E-state index >= 15 is 0 Å². The highest BCUT2D eigenvalue weighted by Crippen LogP contribution is 2.20. The molecule has 0 aromatic heterocycles. The number of carbonyl (C=O) groups is 2. The molecule has 7 heteroatoms. The fraction of sp³-hybridized carbons (Fsp3) is 0.556. The van der Waals surface area contributed by atoms with Gasteiger partial charge in [-0.2, -0.15) is 0 Å². The molecule has 0 unspecified atom stereocenters. The number of imide groups is 1. The van der Waals surface area contributed by atoms with Crippen LogP contribution in [0.5, 0.6) is 5.75 Å². The van der Waals surface area contributed by atoms with E-state index in [1.54, 1.807) is 7.11 Å². The van der Waals surface area contributed by atoms with Crippen molar-refractivity contribution in [2.45, 2.75) is 19.3 Å². The molecule has 2 fully saturated rings. The molecular formula is C18H26ClN3O3. The monoisotopic (exact) mass is 367 g/mol. The minimum atomic E-state index is -0.00988. The van der Waals surface area contributed by atoms with Crippen molar-refractivity contribution in [2.24, 2.45) is 0 Å². The van der Waals surface area contributed by atoms with Crippen molar-refractivity contribution in [1.29, 1.82) is 0 Å². The first kappa shape index (κ1) is 19.5. The maximum atomic E-state index is 11.6. The fourth-order valence-electron chi connectivity index (χ4n) is 3.35. The molecule has 6 nitrogen and oxygen atoms in total. The molecule has 25 heavy (non-hydrogen) atoms. The number of methoxy groups -OCH3 is 1. The number of hydrogen-bond acceptors (Lipinski definition) is 5. The molecule has 0 atom stereocenters. The number of hydrogen-bond donors (Lipinski definition) is 0. The zero-order valence-electron chi connectivity index (χ0n) is 14.6. The highest BCUT2D eigenvalue weighted by atomic mass is 35.5. The first-order chi connectivity index (χ1) is 11.7. The van der Waals surface area contributed by atoms with Crippen LogP contribution >= 0.6 is 12.4 Å². The van der Waals surface area contributed by atoms with Crippen LogP contribution in [0.2, 0.25) is 0 Å². The molecule has 2 aliphatic rings. The van der Waals surface area contributed by atoms with Gasteiger partial charge in [0.25, 0.3) is 0 Å². The fourth-order valence-corrected chi connectivity index (χ4v) is 3.35. The van der Waals surface area contributed by atoms with E-state index in [4.69, 9.17) is 4.74 Å². The van der Waals surface area contributed by atoms with Gasteiger partial charge >= 0.3 is 0 Å². The zero-order chi connectivity index (χ0) is 16.9. The van der Waals surface area contributed by atoms with E-state index in [9.17, 15) is 9.59 Å². The Morgan fingerprint density at radius 1 is 0.920 bits per heavy atom. The number of nitrogens with zero attached hydrogens (tertiary/aromatic N) is 3. The van der Waals surface area contributed by atoms with Crippen LogP contribution in [0.25, 0.3) is 0 Å². The Balaban J connectivity index is 0.00000225. The van der Waals surface area contributed by atoms with Crippen LogP contribution in [0.4, 0.5) is 5.69 Å². The van der Waals surface area contributed by atoms with Crippen molar-refractivity contribution < 1.29 is 14.3 Å². The first-order valence-electron chi connectivity index (χ1n) is 8.62. The number of piperazine rings is 1. The Morgan fingerprint density at radius 2 is 1.52 bits per heavy atom. The summed E-state index contributed by atoms with van der Waals surface area (Å²) in [5, 5.41) is 0. The second-order valence-electron chi connectivity index (χ2n) is 6.32. The number of likely N-dealkylation sites (tertiary alicyclic amines) is 1. The summed E-state index contributed by atoms with van der Waals surface area (Å²) in [6.45, 7) is 5.51. The maximum absolute atomic E-state index is 11.6. The van der Waals surface area contributed by atoms with Crippen LogP contribution in [0.1, 0.15) is 19.3 Å². The van der Waals surface area contributed by atoms with Gasteiger partial charge in [0.2, 0.25) is 11.8 Å². The summed E-state index contributed by atoms with van der Waals surface area (Å²) in [5.41, 5.74) is 1.23. The van der Waals surface area contributed by atoms with E-state index in [2.05, 4.69) is 21.9 Å². The average Bonchev–Trinajstić information content (AvgIpc) is 2.94. The highest BCUT2D eigenvalue weighted by molar-refractivity contribution is 6.01. The summed E-state index contributed by atoms with van der Waals surface area (Å²) < 4.78 is 5.20. The van der Waals surface area contributed by atoms with E-state index in [1.165, 1.54) is 10.6 Å². The molecule has 0 radical (unpaired) electrons. The third kappa shape index (κ3) is 4.86. The molecule has 2 aliphatic heterocycles. The zero-order valence-corrected chi connectivity index (χ0v) is 15.5. The summed E-state index contributed by atoms with van der Waals surface area (Å²) >= 11 is 0. The smallest absolute Gasteiger partial charge is 0.229 e. The maximum Gasteiger partial charge on any atom is 0.229 e. The van der Waals surface area contributed by atoms with E-state index in [-0.39, 0.29) is 24.2 Å². The quantitative estimate of drug-likeness (QED) is 0.717. The number of carbonyl (C=O) groups excluding carboxylic acids is 2. The Hall–Kier alpha value is -1.79. The van der Waals surface area contributed by atoms with Gasteiger partial charge in [0.1, 0.15) is 5.75 Å². The number of amides is 2. The molecule has 0 bridgehead atoms. The molecule has 1 aromatic rings. The Kier molecular flexibility index (Phi) is 7.08. The third-order valence-corrected chi connectivity index (χ3v) is 4.82. The van der Waals surface area contributed by atoms with Crippen LogP contribution in [0.15, 0.2) is 24.3 Å². The Labute approximate surface area is 155 Å². The van der Waals surface area contributed by atoms with Gasteiger partial charge in [0.05, 0.1) is 7.11 Å². The first-order valence-corrected chi connectivity index (χ1v) is 8.62. The molecule has 1 aromatic carbocycles. The summed E-state index contributed by atoms with van der Waals surface area (Å²) in [4.78, 5) is 29.4. The van der Waals surface area contributed by atoms with Crippen molar-refractivity contribution in [2.75, 3.05) is 51.3 Å². The van der Waals surface area contributed by atoms with Crippen LogP contribution in [-0.2, 0) is 9.59 Å². The lowest BCUT2D eigenvalue weighted by Gasteiger charge is -2.36. The van der Waals surface area contributed by atoms with Gasteiger partial charge in [0, 0.05) is 51.3 Å². The number of ether oxygens (including phenoxy) is 1. The molecule has 2 saturated heterocycles. The van der Waals surface area contributed by atoms with E-state index < -0.39 is 0 Å². The summed E-state index contributed by atoms with van der Waals surface area (Å²) in [5.74, 6) is 0.858. The number of benzene rings is 1. The number of rotatable bonds is 6. The highest BCUT2D eigenvalue weighted by Gasteiger charge is 2.28. The summed E-state index contributed by atoms with van der Waals surface area (Å²) in [7, 11) is 1.68. The van der Waals surface area contributed by atoms with Gasteiger partial charge in [-0.05, 0) is 37.2 Å². The van der Waals surface area contributed by atoms with Crippen molar-refractivity contribution in [3.8, 4) is 5.75 Å². The topological polar surface area (TPSA) is 53.1 Å². The summed E-state index contributed by atoms with van der Waals surface area (Å²) in [6.07, 6.45) is 1.64. The van der Waals surface area contributed by atoms with Gasteiger partial charge in [0.15, 0.2) is 0 Å². The second-order valence-corrected chi connectivity index (χ2v) is 6.32. The molecule has 2 heterocycles. The van der Waals surface area contributed by atoms with E-state index in [1.807, 2.05) is 12.1 Å². The predicted octanol–water partition coefficient (Wildman–Crippen LogP) is 1.78. The second kappa shape index (κ2) is 9.06. The van der Waals surface area contributed by atoms with Gasteiger partial charge < -0.3 is 9.64 Å². The van der Waals surface area contributed by atoms with Crippen molar-refractivity contribution in [3.05, 3.63) is 24.3 Å². The third-order valence-electron chi connectivity index (χ3n) is 4.82. The van der Waals surface area contributed by atoms with Crippen LogP contribution in [0.3, 0.4) is 0 Å². The lowest BCUT2D eigenvalue weighted by atomic mass is 10.2. The van der Waals surface area contributed by atoms with Gasteiger partial charge in [-0.15, -0.1) is 12.4 Å². The van der Waals surface area contributed by atoms with E-state index in [0.717, 1.165) is 44.9 Å². The minimum absolute atomic E-state index is 0. The van der Waals surface area contributed by atoms with Crippen LogP contribution in [-0.4, -0.2) is 68.0 Å².